The molecular weight excluding hydrogens is 377 g/mol. The molecule has 1 aromatic rings. The fourth-order valence-corrected chi connectivity index (χ4v) is 102. The van der Waals surface area contributed by atoms with Crippen LogP contribution in [0.4, 0.5) is 0 Å². The van der Waals surface area contributed by atoms with Crippen LogP contribution in [0.15, 0.2) is 40.3 Å². The third-order valence-corrected chi connectivity index (χ3v) is 77.7. The second-order valence-electron chi connectivity index (χ2n) is 9.97. The minimum Gasteiger partial charge on any atom is -0.250 e. The monoisotopic (exact) mass is 412 g/mol. The molecule has 0 aromatic heterocycles. The molecule has 0 aliphatic heterocycles. The molecule has 0 radical (unpaired) electrons. The Morgan fingerprint density at radius 1 is 0.750 bits per heavy atom. The van der Waals surface area contributed by atoms with E-state index in [2.05, 4.69) is 89.1 Å². The van der Waals surface area contributed by atoms with Gasteiger partial charge >= 0.3 is 0 Å². The van der Waals surface area contributed by atoms with Crippen LogP contribution >= 0.6 is 0 Å². The van der Waals surface area contributed by atoms with Gasteiger partial charge in [0.2, 0.25) is 0 Å². The standard InChI is InChI=1S/C18H36OSSi4/c1-17-11-13-18(14-12-17)20(19)15-16-24(21(2,3)4,22(5,6)7)23(8,9)10/h11-16H,1-10H3. The van der Waals surface area contributed by atoms with Gasteiger partial charge < -0.3 is 0 Å². The summed E-state index contributed by atoms with van der Waals surface area (Å²) in [7, 11) is -5.05. The summed E-state index contributed by atoms with van der Waals surface area (Å²) in [5, 5.41) is 2.08. The Balaban J connectivity index is 3.42. The lowest BCUT2D eigenvalue weighted by Gasteiger charge is -2.55. The maximum absolute atomic E-state index is 12.9. The van der Waals surface area contributed by atoms with E-state index >= 15 is 0 Å². The highest BCUT2D eigenvalue weighted by molar-refractivity contribution is 7.92. The smallest absolute Gasteiger partial charge is 0.0768 e. The zero-order valence-electron chi connectivity index (χ0n) is 17.3. The molecule has 0 spiro atoms. The number of benzene rings is 1. The van der Waals surface area contributed by atoms with E-state index in [1.165, 1.54) is 5.56 Å². The van der Waals surface area contributed by atoms with Crippen molar-refractivity contribution >= 4 is 40.2 Å². The molecule has 0 amide bonds. The molecular formula is C18H36OSSi4. The van der Waals surface area contributed by atoms with Crippen molar-refractivity contribution in [1.82, 2.24) is 0 Å². The zero-order chi connectivity index (χ0) is 19.0. The highest BCUT2D eigenvalue weighted by atomic mass is 32.2. The maximum Gasteiger partial charge on any atom is 0.0768 e. The van der Waals surface area contributed by atoms with Gasteiger partial charge in [-0.1, -0.05) is 82.3 Å². The van der Waals surface area contributed by atoms with Crippen LogP contribution in [0.3, 0.4) is 0 Å². The normalized spacial score (nSPS) is 15.8. The van der Waals surface area contributed by atoms with Crippen molar-refractivity contribution in [3.05, 3.63) is 40.9 Å². The Bertz CT molecular complexity index is 580. The van der Waals surface area contributed by atoms with E-state index in [1.807, 2.05) is 12.1 Å². The molecule has 1 atom stereocenters. The van der Waals surface area contributed by atoms with Crippen LogP contribution in [0, 0.1) is 6.92 Å². The number of hydrogen-bond donors (Lipinski definition) is 0. The predicted octanol–water partition coefficient (Wildman–Crippen LogP) is 5.85. The van der Waals surface area contributed by atoms with Crippen LogP contribution in [0.1, 0.15) is 5.56 Å². The van der Waals surface area contributed by atoms with Gasteiger partial charge in [0.15, 0.2) is 0 Å². The summed E-state index contributed by atoms with van der Waals surface area (Å²) in [6.07, 6.45) is 0. The average Bonchev–Trinajstić information content (AvgIpc) is 2.34. The van der Waals surface area contributed by atoms with Gasteiger partial charge in [-0.25, -0.2) is 4.21 Å². The van der Waals surface area contributed by atoms with Crippen LogP contribution in [-0.4, -0.2) is 33.6 Å². The highest BCUT2D eigenvalue weighted by Crippen LogP contribution is 2.38. The van der Waals surface area contributed by atoms with Crippen LogP contribution in [0.2, 0.25) is 58.9 Å². The van der Waals surface area contributed by atoms with Gasteiger partial charge in [-0.2, -0.15) is 0 Å². The van der Waals surface area contributed by atoms with Gasteiger partial charge in [0.25, 0.3) is 0 Å². The fourth-order valence-electron chi connectivity index (χ4n) is 5.04. The Morgan fingerprint density at radius 3 is 1.46 bits per heavy atom. The summed E-state index contributed by atoms with van der Waals surface area (Å²) in [5.41, 5.74) is 3.78. The van der Waals surface area contributed by atoms with E-state index < -0.39 is 40.2 Å². The van der Waals surface area contributed by atoms with Gasteiger partial charge in [-0.05, 0) is 24.5 Å². The molecule has 0 saturated heterocycles. The van der Waals surface area contributed by atoms with Gasteiger partial charge in [0.05, 0.1) is 17.4 Å². The molecule has 6 heteroatoms. The molecule has 0 bridgehead atoms. The van der Waals surface area contributed by atoms with Crippen molar-refractivity contribution in [2.24, 2.45) is 0 Å². The molecule has 136 valence electrons. The largest absolute Gasteiger partial charge is 0.250 e. The lowest BCUT2D eigenvalue weighted by Crippen LogP contribution is -2.81. The Labute approximate surface area is 155 Å². The molecule has 0 heterocycles. The molecule has 0 aliphatic carbocycles. The summed E-state index contributed by atoms with van der Waals surface area (Å²) < 4.78 is 12.9. The van der Waals surface area contributed by atoms with Crippen molar-refractivity contribution in [1.29, 1.82) is 0 Å². The lowest BCUT2D eigenvalue weighted by molar-refractivity contribution is 0.688. The molecule has 24 heavy (non-hydrogen) atoms. The number of aryl methyl sites for hydroxylation is 1. The molecule has 0 fully saturated rings. The SMILES string of the molecule is Cc1ccc(S(=O)C=C[Si]([Si](C)(C)C)([Si](C)(C)C)[Si](C)(C)C)cc1. The van der Waals surface area contributed by atoms with Crippen molar-refractivity contribution in [3.8, 4) is 0 Å². The van der Waals surface area contributed by atoms with Gasteiger partial charge in [-0.3, -0.25) is 0 Å². The van der Waals surface area contributed by atoms with Crippen LogP contribution < -0.4 is 0 Å². The quantitative estimate of drug-likeness (QED) is 0.535. The predicted molar refractivity (Wildman–Crippen MR) is 123 cm³/mol. The molecule has 1 rings (SSSR count). The molecule has 1 aromatic carbocycles. The first kappa shape index (κ1) is 22.0. The first-order valence-electron chi connectivity index (χ1n) is 8.80. The topological polar surface area (TPSA) is 17.1 Å². The van der Waals surface area contributed by atoms with E-state index in [9.17, 15) is 4.21 Å². The van der Waals surface area contributed by atoms with E-state index in [4.69, 9.17) is 0 Å². The van der Waals surface area contributed by atoms with Gasteiger partial charge in [0, 0.05) is 27.7 Å². The number of hydrogen-bond acceptors (Lipinski definition) is 1. The molecule has 0 N–H and O–H groups in total. The lowest BCUT2D eigenvalue weighted by atomic mass is 10.2. The summed E-state index contributed by atoms with van der Waals surface area (Å²) in [4.78, 5) is 0.932. The fraction of sp³-hybridized carbons (Fsp3) is 0.556. The van der Waals surface area contributed by atoms with Crippen LogP contribution in [0.5, 0.6) is 0 Å². The highest BCUT2D eigenvalue weighted by Gasteiger charge is 2.59. The maximum atomic E-state index is 12.9. The second-order valence-corrected chi connectivity index (χ2v) is 51.9. The van der Waals surface area contributed by atoms with Crippen molar-refractivity contribution in [2.75, 3.05) is 0 Å². The van der Waals surface area contributed by atoms with Crippen molar-refractivity contribution < 1.29 is 4.21 Å². The second kappa shape index (κ2) is 7.31. The van der Waals surface area contributed by atoms with Crippen LogP contribution in [0.25, 0.3) is 0 Å². The van der Waals surface area contributed by atoms with Gasteiger partial charge in [-0.15, -0.1) is 0 Å². The minimum atomic E-state index is -1.56. The van der Waals surface area contributed by atoms with E-state index in [-0.39, 0.29) is 0 Å². The first-order chi connectivity index (χ1) is 10.6. The molecule has 1 nitrogen and oxygen atoms in total. The van der Waals surface area contributed by atoms with Crippen molar-refractivity contribution in [3.63, 3.8) is 0 Å². The third kappa shape index (κ3) is 4.38. The Kier molecular flexibility index (Phi) is 6.70. The summed E-state index contributed by atoms with van der Waals surface area (Å²) in [5.74, 6) is 0. The summed E-state index contributed by atoms with van der Waals surface area (Å²) >= 11 is 0. The first-order valence-corrected chi connectivity index (χ1v) is 25.6. The molecule has 0 saturated carbocycles. The summed E-state index contributed by atoms with van der Waals surface area (Å²) in [6.45, 7) is 23.6. The Hall–Kier alpha value is -0.0225. The number of rotatable bonds is 6. The average molecular weight is 413 g/mol. The van der Waals surface area contributed by atoms with Crippen molar-refractivity contribution in [2.45, 2.75) is 70.7 Å². The Morgan fingerprint density at radius 2 is 1.12 bits per heavy atom. The van der Waals surface area contributed by atoms with E-state index in [0.29, 0.717) is 0 Å². The zero-order valence-corrected chi connectivity index (χ0v) is 22.1. The van der Waals surface area contributed by atoms with E-state index in [0.717, 1.165) is 4.90 Å². The summed E-state index contributed by atoms with van der Waals surface area (Å²) in [6, 6.07) is 8.13. The molecule has 1 unspecified atom stereocenters. The van der Waals surface area contributed by atoms with Crippen LogP contribution in [-0.2, 0) is 10.8 Å². The minimum absolute atomic E-state index is 0.932. The third-order valence-electron chi connectivity index (χ3n) is 5.24. The molecule has 0 aliphatic rings. The van der Waals surface area contributed by atoms with E-state index in [1.54, 1.807) is 0 Å². The van der Waals surface area contributed by atoms with Gasteiger partial charge in [0.1, 0.15) is 0 Å².